The molecular weight excluding hydrogens is 180 g/mol. The minimum absolute atomic E-state index is 0.0856. The van der Waals surface area contributed by atoms with E-state index in [0.717, 1.165) is 0 Å². The Morgan fingerprint density at radius 3 is 3.07 bits per heavy atom. The van der Waals surface area contributed by atoms with Crippen LogP contribution >= 0.6 is 0 Å². The van der Waals surface area contributed by atoms with Crippen molar-refractivity contribution in [1.29, 1.82) is 5.26 Å². The fourth-order valence-corrected chi connectivity index (χ4v) is 1.49. The molecule has 0 N–H and O–H groups in total. The second-order valence-electron chi connectivity index (χ2n) is 2.88. The van der Waals surface area contributed by atoms with E-state index in [9.17, 15) is 4.79 Å². The summed E-state index contributed by atoms with van der Waals surface area (Å²) in [6, 6.07) is 5.34. The molecule has 0 saturated carbocycles. The van der Waals surface area contributed by atoms with E-state index >= 15 is 0 Å². The fraction of sp³-hybridized carbons (Fsp3) is 0.200. The van der Waals surface area contributed by atoms with Gasteiger partial charge in [0.1, 0.15) is 11.8 Å². The summed E-state index contributed by atoms with van der Waals surface area (Å²) in [5.74, 6) is 0.468. The van der Waals surface area contributed by atoms with Crippen LogP contribution in [-0.2, 0) is 6.54 Å². The van der Waals surface area contributed by atoms with E-state index in [-0.39, 0.29) is 5.56 Å². The number of hydrogen-bond acceptors (Lipinski definition) is 3. The van der Waals surface area contributed by atoms with Gasteiger partial charge in [0.15, 0.2) is 11.3 Å². The van der Waals surface area contributed by atoms with Crippen LogP contribution in [0.4, 0.5) is 0 Å². The van der Waals surface area contributed by atoms with Gasteiger partial charge in [0.05, 0.1) is 0 Å². The number of nitriles is 1. The van der Waals surface area contributed by atoms with Crippen molar-refractivity contribution < 1.29 is 4.42 Å². The van der Waals surface area contributed by atoms with Crippen molar-refractivity contribution >= 4 is 0 Å². The molecule has 4 heteroatoms. The summed E-state index contributed by atoms with van der Waals surface area (Å²) in [4.78, 5) is 11.2. The molecule has 0 radical (unpaired) electrons. The number of rotatable bonds is 1. The first kappa shape index (κ1) is 8.57. The molecule has 4 nitrogen and oxygen atoms in total. The standard InChI is InChI=1S/C10H8N2O2/c1-2-12-5-3-4-8-9(12)7(6-11)10(13)14-8/h3-5H,2H2,1H3. The van der Waals surface area contributed by atoms with Gasteiger partial charge in [0, 0.05) is 12.7 Å². The summed E-state index contributed by atoms with van der Waals surface area (Å²) < 4.78 is 6.75. The minimum Gasteiger partial charge on any atom is -0.420 e. The Bertz CT molecular complexity index is 530. The molecule has 2 heterocycles. The molecule has 0 saturated heterocycles. The zero-order chi connectivity index (χ0) is 10.1. The Balaban J connectivity index is 2.89. The average Bonchev–Trinajstić information content (AvgIpc) is 2.52. The summed E-state index contributed by atoms with van der Waals surface area (Å²) >= 11 is 0. The van der Waals surface area contributed by atoms with Gasteiger partial charge >= 0.3 is 5.63 Å². The van der Waals surface area contributed by atoms with Gasteiger partial charge in [-0.2, -0.15) is 5.26 Å². The van der Waals surface area contributed by atoms with E-state index in [1.807, 2.05) is 23.8 Å². The van der Waals surface area contributed by atoms with Crippen LogP contribution in [0, 0.1) is 11.3 Å². The highest BCUT2D eigenvalue weighted by atomic mass is 16.4. The molecule has 0 atom stereocenters. The molecule has 2 aliphatic rings. The number of pyridine rings is 1. The van der Waals surface area contributed by atoms with E-state index in [4.69, 9.17) is 9.68 Å². The van der Waals surface area contributed by atoms with Crippen molar-refractivity contribution in [1.82, 2.24) is 4.57 Å². The SMILES string of the molecule is CCn1cccc2oc(=O)c(C#N)c1-2. The molecule has 0 spiro atoms. The highest BCUT2D eigenvalue weighted by Crippen LogP contribution is 2.23. The van der Waals surface area contributed by atoms with Crippen LogP contribution < -0.4 is 5.63 Å². The number of fused-ring (bicyclic) bond motifs is 1. The molecule has 70 valence electrons. The van der Waals surface area contributed by atoms with Gasteiger partial charge in [-0.1, -0.05) is 0 Å². The largest absolute Gasteiger partial charge is 0.420 e. The third-order valence-electron chi connectivity index (χ3n) is 2.13. The first-order valence-electron chi connectivity index (χ1n) is 4.30. The Morgan fingerprint density at radius 1 is 1.64 bits per heavy atom. The molecule has 0 amide bonds. The van der Waals surface area contributed by atoms with Crippen LogP contribution in [0.2, 0.25) is 0 Å². The molecular formula is C10H8N2O2. The maximum Gasteiger partial charge on any atom is 0.356 e. The van der Waals surface area contributed by atoms with Crippen molar-refractivity contribution in [3.63, 3.8) is 0 Å². The number of furan rings is 1. The normalized spacial score (nSPS) is 10.3. The molecule has 14 heavy (non-hydrogen) atoms. The maximum atomic E-state index is 11.2. The number of aryl methyl sites for hydroxylation is 1. The summed E-state index contributed by atoms with van der Waals surface area (Å²) in [6.07, 6.45) is 1.82. The lowest BCUT2D eigenvalue weighted by Gasteiger charge is -2.07. The van der Waals surface area contributed by atoms with Gasteiger partial charge in [-0.25, -0.2) is 4.79 Å². The average molecular weight is 188 g/mol. The summed E-state index contributed by atoms with van der Waals surface area (Å²) in [6.45, 7) is 2.64. The molecule has 2 aliphatic heterocycles. The topological polar surface area (TPSA) is 58.9 Å². The monoisotopic (exact) mass is 188 g/mol. The van der Waals surface area contributed by atoms with Crippen molar-refractivity contribution in [3.05, 3.63) is 34.3 Å². The molecule has 0 aromatic heterocycles. The predicted octanol–water partition coefficient (Wildman–Crippen LogP) is 1.44. The van der Waals surface area contributed by atoms with E-state index in [2.05, 4.69) is 0 Å². The zero-order valence-electron chi connectivity index (χ0n) is 7.65. The van der Waals surface area contributed by atoms with Crippen LogP contribution in [0.25, 0.3) is 11.5 Å². The lowest BCUT2D eigenvalue weighted by Crippen LogP contribution is -2.03. The van der Waals surface area contributed by atoms with Crippen LogP contribution in [-0.4, -0.2) is 4.57 Å². The fourth-order valence-electron chi connectivity index (χ4n) is 1.49. The zero-order valence-corrected chi connectivity index (χ0v) is 7.65. The van der Waals surface area contributed by atoms with Gasteiger partial charge < -0.3 is 8.98 Å². The van der Waals surface area contributed by atoms with Gasteiger partial charge in [-0.05, 0) is 19.1 Å². The van der Waals surface area contributed by atoms with Crippen molar-refractivity contribution in [3.8, 4) is 17.5 Å². The van der Waals surface area contributed by atoms with Crippen LogP contribution in [0.1, 0.15) is 12.5 Å². The molecule has 2 rings (SSSR count). The van der Waals surface area contributed by atoms with E-state index < -0.39 is 5.63 Å². The third kappa shape index (κ3) is 1.03. The first-order valence-corrected chi connectivity index (χ1v) is 4.30. The number of hydrogen-bond donors (Lipinski definition) is 0. The Kier molecular flexibility index (Phi) is 1.86. The van der Waals surface area contributed by atoms with E-state index in [1.54, 1.807) is 12.1 Å². The van der Waals surface area contributed by atoms with Crippen LogP contribution in [0.15, 0.2) is 27.5 Å². The molecule has 0 bridgehead atoms. The van der Waals surface area contributed by atoms with E-state index in [1.165, 1.54) is 0 Å². The highest BCUT2D eigenvalue weighted by Gasteiger charge is 2.19. The maximum absolute atomic E-state index is 11.2. The van der Waals surface area contributed by atoms with Gasteiger partial charge in [-0.15, -0.1) is 0 Å². The quantitative estimate of drug-likeness (QED) is 0.680. The predicted molar refractivity (Wildman–Crippen MR) is 50.0 cm³/mol. The number of nitrogens with zero attached hydrogens (tertiary/aromatic N) is 2. The Morgan fingerprint density at radius 2 is 2.43 bits per heavy atom. The van der Waals surface area contributed by atoms with Crippen molar-refractivity contribution in [2.24, 2.45) is 0 Å². The van der Waals surface area contributed by atoms with Gasteiger partial charge in [0.2, 0.25) is 0 Å². The van der Waals surface area contributed by atoms with E-state index in [0.29, 0.717) is 18.0 Å². The minimum atomic E-state index is -0.559. The third-order valence-corrected chi connectivity index (χ3v) is 2.13. The van der Waals surface area contributed by atoms with Crippen molar-refractivity contribution in [2.45, 2.75) is 13.5 Å². The first-order chi connectivity index (χ1) is 6.77. The smallest absolute Gasteiger partial charge is 0.356 e. The highest BCUT2D eigenvalue weighted by molar-refractivity contribution is 5.63. The molecule has 0 aromatic carbocycles. The number of aromatic nitrogens is 1. The van der Waals surface area contributed by atoms with Gasteiger partial charge in [-0.3, -0.25) is 0 Å². The summed E-state index contributed by atoms with van der Waals surface area (Å²) in [5.41, 5.74) is 0.112. The molecule has 0 aromatic rings. The summed E-state index contributed by atoms with van der Waals surface area (Å²) in [7, 11) is 0. The lowest BCUT2D eigenvalue weighted by molar-refractivity contribution is 0.539. The summed E-state index contributed by atoms with van der Waals surface area (Å²) in [5, 5.41) is 8.80. The second kappa shape index (κ2) is 3.04. The lowest BCUT2D eigenvalue weighted by atomic mass is 10.2. The van der Waals surface area contributed by atoms with Gasteiger partial charge in [0.25, 0.3) is 0 Å². The van der Waals surface area contributed by atoms with Crippen LogP contribution in [0.5, 0.6) is 0 Å². The molecule has 0 aliphatic carbocycles. The Hall–Kier alpha value is -2.02. The molecule has 0 fully saturated rings. The second-order valence-corrected chi connectivity index (χ2v) is 2.88. The Labute approximate surface area is 80.3 Å². The van der Waals surface area contributed by atoms with Crippen LogP contribution in [0.3, 0.4) is 0 Å². The van der Waals surface area contributed by atoms with Crippen molar-refractivity contribution in [2.75, 3.05) is 0 Å². The molecule has 0 unspecified atom stereocenters.